The van der Waals surface area contributed by atoms with Gasteiger partial charge in [-0.05, 0) is 24.7 Å². The molecule has 1 fully saturated rings. The number of carbonyl (C=O) groups is 1. The lowest BCUT2D eigenvalue weighted by atomic mass is 9.93. The van der Waals surface area contributed by atoms with Crippen LogP contribution in [0.15, 0.2) is 16.9 Å². The highest BCUT2D eigenvalue weighted by Gasteiger charge is 2.27. The zero-order chi connectivity index (χ0) is 18.0. The Morgan fingerprint density at radius 2 is 2.12 bits per heavy atom. The van der Waals surface area contributed by atoms with Crippen molar-refractivity contribution >= 4 is 22.5 Å². The lowest BCUT2D eigenvalue weighted by molar-refractivity contribution is 0.193. The van der Waals surface area contributed by atoms with Crippen LogP contribution in [0, 0.1) is 0 Å². The van der Waals surface area contributed by atoms with Gasteiger partial charge < -0.3 is 9.42 Å². The van der Waals surface area contributed by atoms with Crippen molar-refractivity contribution in [3.05, 3.63) is 28.6 Å². The molecule has 1 N–H and O–H groups in total. The molecule has 0 unspecified atom stereocenters. The van der Waals surface area contributed by atoms with Crippen molar-refractivity contribution in [2.24, 2.45) is 0 Å². The van der Waals surface area contributed by atoms with E-state index in [1.807, 2.05) is 11.0 Å². The molecule has 136 valence electrons. The highest BCUT2D eigenvalue weighted by atomic mass is 32.1. The molecule has 0 aromatic carbocycles. The Labute approximate surface area is 152 Å². The molecule has 0 radical (unpaired) electrons. The first-order chi connectivity index (χ1) is 11.9. The molecule has 0 saturated carbocycles. The summed E-state index contributed by atoms with van der Waals surface area (Å²) in [6.07, 6.45) is 4.30. The number of anilines is 1. The smallest absolute Gasteiger partial charge is 0.323 e. The summed E-state index contributed by atoms with van der Waals surface area (Å²) in [5, 5.41) is 7.71. The van der Waals surface area contributed by atoms with Gasteiger partial charge in [0, 0.05) is 30.0 Å². The van der Waals surface area contributed by atoms with Crippen molar-refractivity contribution in [1.82, 2.24) is 15.0 Å². The van der Waals surface area contributed by atoms with Crippen molar-refractivity contribution in [2.45, 2.75) is 58.3 Å². The van der Waals surface area contributed by atoms with Crippen LogP contribution < -0.4 is 5.32 Å². The summed E-state index contributed by atoms with van der Waals surface area (Å²) in [6.45, 7) is 10.1. The summed E-state index contributed by atoms with van der Waals surface area (Å²) >= 11 is 1.59. The summed E-state index contributed by atoms with van der Waals surface area (Å²) in [4.78, 5) is 20.3. The van der Waals surface area contributed by atoms with Crippen LogP contribution in [-0.4, -0.2) is 34.2 Å². The van der Waals surface area contributed by atoms with Gasteiger partial charge >= 0.3 is 6.03 Å². The van der Waals surface area contributed by atoms with E-state index >= 15 is 0 Å². The molecule has 2 aromatic heterocycles. The Kier molecular flexibility index (Phi) is 5.13. The summed E-state index contributed by atoms with van der Waals surface area (Å²) in [7, 11) is 0. The van der Waals surface area contributed by atoms with E-state index in [4.69, 9.17) is 4.52 Å². The number of likely N-dealkylation sites (tertiary alicyclic amines) is 1. The highest BCUT2D eigenvalue weighted by Crippen LogP contribution is 2.34. The van der Waals surface area contributed by atoms with Crippen LogP contribution in [0.4, 0.5) is 9.93 Å². The molecular weight excluding hydrogens is 336 g/mol. The monoisotopic (exact) mass is 362 g/mol. The average molecular weight is 362 g/mol. The number of aromatic nitrogens is 2. The minimum atomic E-state index is -0.0598. The molecule has 1 aliphatic heterocycles. The van der Waals surface area contributed by atoms with Crippen LogP contribution in [0.5, 0.6) is 0 Å². The van der Waals surface area contributed by atoms with E-state index in [-0.39, 0.29) is 11.4 Å². The molecule has 2 amide bonds. The average Bonchev–Trinajstić information content (AvgIpc) is 3.24. The Morgan fingerprint density at radius 1 is 1.40 bits per heavy atom. The molecule has 0 atom stereocenters. The standard InChI is InChI=1S/C18H26N4O2S/c1-5-13-15(18(2,3)4)25-16(19-13)20-17(23)22-9-6-12(7-10-22)14-8-11-24-21-14/h8,11-12H,5-7,9-10H2,1-4H3,(H,19,20,23). The fourth-order valence-electron chi connectivity index (χ4n) is 3.21. The predicted octanol–water partition coefficient (Wildman–Crippen LogP) is 4.40. The van der Waals surface area contributed by atoms with Gasteiger partial charge in [-0.3, -0.25) is 5.32 Å². The van der Waals surface area contributed by atoms with Crippen molar-refractivity contribution < 1.29 is 9.32 Å². The number of piperidine rings is 1. The molecule has 0 aliphatic carbocycles. The number of hydrogen-bond donors (Lipinski definition) is 1. The van der Waals surface area contributed by atoms with Crippen LogP contribution >= 0.6 is 11.3 Å². The molecule has 3 rings (SSSR count). The molecular formula is C18H26N4O2S. The Bertz CT molecular complexity index is 710. The number of nitrogens with zero attached hydrogens (tertiary/aromatic N) is 3. The maximum atomic E-state index is 12.6. The summed E-state index contributed by atoms with van der Waals surface area (Å²) in [5.41, 5.74) is 2.11. The normalized spacial score (nSPS) is 16.2. The van der Waals surface area contributed by atoms with Crippen molar-refractivity contribution in [2.75, 3.05) is 18.4 Å². The third-order valence-electron chi connectivity index (χ3n) is 4.59. The van der Waals surface area contributed by atoms with E-state index in [0.717, 1.165) is 43.7 Å². The number of nitrogens with one attached hydrogen (secondary N) is 1. The lowest BCUT2D eigenvalue weighted by Crippen LogP contribution is -2.40. The quantitative estimate of drug-likeness (QED) is 0.878. The van der Waals surface area contributed by atoms with Gasteiger partial charge in [0.05, 0.1) is 11.4 Å². The van der Waals surface area contributed by atoms with Gasteiger partial charge in [-0.1, -0.05) is 32.9 Å². The SMILES string of the molecule is CCc1nc(NC(=O)N2CCC(c3ccon3)CC2)sc1C(C)(C)C. The van der Waals surface area contributed by atoms with Gasteiger partial charge in [0.25, 0.3) is 0 Å². The largest absolute Gasteiger partial charge is 0.365 e. The van der Waals surface area contributed by atoms with Crippen molar-refractivity contribution in [3.8, 4) is 0 Å². The molecule has 1 aliphatic rings. The van der Waals surface area contributed by atoms with E-state index in [2.05, 4.69) is 43.2 Å². The maximum absolute atomic E-state index is 12.6. The second kappa shape index (κ2) is 7.15. The number of amides is 2. The van der Waals surface area contributed by atoms with Gasteiger partial charge in [0.1, 0.15) is 6.26 Å². The van der Waals surface area contributed by atoms with E-state index < -0.39 is 0 Å². The van der Waals surface area contributed by atoms with E-state index in [1.165, 1.54) is 4.88 Å². The van der Waals surface area contributed by atoms with Crippen molar-refractivity contribution in [1.29, 1.82) is 0 Å². The van der Waals surface area contributed by atoms with Crippen LogP contribution in [0.1, 0.15) is 62.7 Å². The van der Waals surface area contributed by atoms with Gasteiger partial charge in [0.15, 0.2) is 5.13 Å². The molecule has 7 heteroatoms. The number of hydrogen-bond acceptors (Lipinski definition) is 5. The molecule has 25 heavy (non-hydrogen) atoms. The van der Waals surface area contributed by atoms with E-state index in [1.54, 1.807) is 17.6 Å². The molecule has 6 nitrogen and oxygen atoms in total. The maximum Gasteiger partial charge on any atom is 0.323 e. The molecule has 0 bridgehead atoms. The third-order valence-corrected chi connectivity index (χ3v) is 6.02. The molecule has 0 spiro atoms. The molecule has 1 saturated heterocycles. The van der Waals surface area contributed by atoms with Gasteiger partial charge in [-0.2, -0.15) is 0 Å². The highest BCUT2D eigenvalue weighted by molar-refractivity contribution is 7.16. The third kappa shape index (κ3) is 4.03. The van der Waals surface area contributed by atoms with Crippen LogP contribution in [-0.2, 0) is 11.8 Å². The van der Waals surface area contributed by atoms with Gasteiger partial charge in [0.2, 0.25) is 0 Å². The lowest BCUT2D eigenvalue weighted by Gasteiger charge is -2.30. The van der Waals surface area contributed by atoms with Crippen LogP contribution in [0.2, 0.25) is 0 Å². The minimum absolute atomic E-state index is 0.0436. The number of carbonyl (C=O) groups excluding carboxylic acids is 1. The predicted molar refractivity (Wildman–Crippen MR) is 99.3 cm³/mol. The second-order valence-corrected chi connectivity index (χ2v) is 8.51. The second-order valence-electron chi connectivity index (χ2n) is 7.51. The summed E-state index contributed by atoms with van der Waals surface area (Å²) < 4.78 is 4.92. The van der Waals surface area contributed by atoms with Gasteiger partial charge in [-0.15, -0.1) is 11.3 Å². The van der Waals surface area contributed by atoms with Crippen LogP contribution in [0.3, 0.4) is 0 Å². The summed E-state index contributed by atoms with van der Waals surface area (Å²) in [6, 6.07) is 1.85. The fraction of sp³-hybridized carbons (Fsp3) is 0.611. The van der Waals surface area contributed by atoms with Crippen LogP contribution in [0.25, 0.3) is 0 Å². The number of rotatable bonds is 3. The number of urea groups is 1. The van der Waals surface area contributed by atoms with E-state index in [0.29, 0.717) is 11.0 Å². The van der Waals surface area contributed by atoms with Crippen molar-refractivity contribution in [3.63, 3.8) is 0 Å². The first kappa shape index (κ1) is 17.9. The molecule has 2 aromatic rings. The van der Waals surface area contributed by atoms with Gasteiger partial charge in [-0.25, -0.2) is 9.78 Å². The summed E-state index contributed by atoms with van der Waals surface area (Å²) in [5.74, 6) is 0.377. The first-order valence-electron chi connectivity index (χ1n) is 8.85. The fourth-order valence-corrected chi connectivity index (χ4v) is 4.31. The number of thiazole rings is 1. The number of aryl methyl sites for hydroxylation is 1. The minimum Gasteiger partial charge on any atom is -0.365 e. The topological polar surface area (TPSA) is 71.3 Å². The Balaban J connectivity index is 1.61. The molecule has 3 heterocycles. The zero-order valence-electron chi connectivity index (χ0n) is 15.3. The zero-order valence-corrected chi connectivity index (χ0v) is 16.2. The van der Waals surface area contributed by atoms with E-state index in [9.17, 15) is 4.79 Å². The Hall–Kier alpha value is -1.89. The first-order valence-corrected chi connectivity index (χ1v) is 9.66. The Morgan fingerprint density at radius 3 is 2.64 bits per heavy atom.